The number of piperazine rings is 1. The number of methoxy groups -OCH3 is 1. The number of hydrogen-bond donors (Lipinski definition) is 5. The van der Waals surface area contributed by atoms with E-state index < -0.39 is 0 Å². The number of carbonyl (C=O) groups is 1. The number of nitrogens with two attached hydrogens (primary N) is 1. The molecule has 1 heterocycles. The third kappa shape index (κ3) is 7.62. The molecule has 0 bridgehead atoms. The van der Waals surface area contributed by atoms with Gasteiger partial charge in [0.15, 0.2) is 5.96 Å². The van der Waals surface area contributed by atoms with E-state index in [1.54, 1.807) is 14.2 Å². The normalized spacial score (nSPS) is 16.2. The highest BCUT2D eigenvalue weighted by Gasteiger charge is 2.28. The number of rotatable bonds is 10. The van der Waals surface area contributed by atoms with Crippen molar-refractivity contribution in [1.82, 2.24) is 20.4 Å². The lowest BCUT2D eigenvalue weighted by Gasteiger charge is -2.38. The van der Waals surface area contributed by atoms with Gasteiger partial charge in [-0.25, -0.2) is 0 Å². The first kappa shape index (κ1) is 23.1. The summed E-state index contributed by atoms with van der Waals surface area (Å²) in [6.07, 6.45) is 0.779. The molecule has 1 aliphatic rings. The Balaban J connectivity index is 1.86. The molecule has 1 aromatic rings. The standard InChI is InChI=1S/C20H35N7O2/c1-23-20(22)25-17-6-3-5-16(13-17)14-26-9-11-27(12-10-26)18(15-29-2)19(28)24-8-4-7-21/h3,5-6,13,18H,4,7-12,14-15,21H2,1-2H3,(H,24,28)(H3,22,23,25). The van der Waals surface area contributed by atoms with E-state index in [9.17, 15) is 4.79 Å². The van der Waals surface area contributed by atoms with Crippen LogP contribution in [0.25, 0.3) is 0 Å². The van der Waals surface area contributed by atoms with Crippen molar-refractivity contribution in [2.24, 2.45) is 5.73 Å². The Morgan fingerprint density at radius 2 is 2.07 bits per heavy atom. The van der Waals surface area contributed by atoms with E-state index in [0.717, 1.165) is 44.8 Å². The van der Waals surface area contributed by atoms with Crippen molar-refractivity contribution in [3.8, 4) is 0 Å². The predicted molar refractivity (Wildman–Crippen MR) is 116 cm³/mol. The quantitative estimate of drug-likeness (QED) is 0.209. The van der Waals surface area contributed by atoms with E-state index in [2.05, 4.69) is 37.9 Å². The summed E-state index contributed by atoms with van der Waals surface area (Å²) in [6, 6.07) is 7.85. The molecule has 162 valence electrons. The molecular weight excluding hydrogens is 370 g/mol. The van der Waals surface area contributed by atoms with Gasteiger partial charge in [0.05, 0.1) is 6.61 Å². The zero-order valence-electron chi connectivity index (χ0n) is 17.5. The average molecular weight is 406 g/mol. The minimum absolute atomic E-state index is 0.0134. The summed E-state index contributed by atoms with van der Waals surface area (Å²) >= 11 is 0. The molecular formula is C20H35N7O2. The molecule has 1 atom stereocenters. The van der Waals surface area contributed by atoms with Crippen LogP contribution in [0.2, 0.25) is 0 Å². The molecule has 0 aliphatic carbocycles. The second-order valence-electron chi connectivity index (χ2n) is 7.17. The van der Waals surface area contributed by atoms with Gasteiger partial charge in [-0.05, 0) is 30.7 Å². The second kappa shape index (κ2) is 12.4. The SMILES string of the molecule is CNC(=N)Nc1cccc(CN2CCN(C(COC)C(=O)NCCCN)CC2)c1. The molecule has 0 spiro atoms. The lowest BCUT2D eigenvalue weighted by Crippen LogP contribution is -2.56. The smallest absolute Gasteiger partial charge is 0.239 e. The molecule has 1 aromatic carbocycles. The molecule has 1 amide bonds. The number of hydrogen-bond acceptors (Lipinski definition) is 6. The molecule has 9 heteroatoms. The number of ether oxygens (including phenoxy) is 1. The van der Waals surface area contributed by atoms with E-state index in [0.29, 0.717) is 19.7 Å². The van der Waals surface area contributed by atoms with Gasteiger partial charge in [0, 0.05) is 59.1 Å². The van der Waals surface area contributed by atoms with Crippen LogP contribution < -0.4 is 21.7 Å². The van der Waals surface area contributed by atoms with Gasteiger partial charge in [0.25, 0.3) is 0 Å². The van der Waals surface area contributed by atoms with Crippen molar-refractivity contribution >= 4 is 17.6 Å². The van der Waals surface area contributed by atoms with E-state index >= 15 is 0 Å². The van der Waals surface area contributed by atoms with Crippen LogP contribution in [0.15, 0.2) is 24.3 Å². The van der Waals surface area contributed by atoms with Crippen LogP contribution in [0.3, 0.4) is 0 Å². The maximum absolute atomic E-state index is 12.5. The Morgan fingerprint density at radius 3 is 2.72 bits per heavy atom. The number of carbonyl (C=O) groups excluding carboxylic acids is 1. The van der Waals surface area contributed by atoms with Crippen LogP contribution in [-0.4, -0.2) is 87.7 Å². The van der Waals surface area contributed by atoms with E-state index in [-0.39, 0.29) is 17.9 Å². The molecule has 1 aliphatic heterocycles. The molecule has 2 rings (SSSR count). The maximum atomic E-state index is 12.5. The van der Waals surface area contributed by atoms with Crippen molar-refractivity contribution in [1.29, 1.82) is 5.41 Å². The zero-order valence-corrected chi connectivity index (χ0v) is 17.5. The van der Waals surface area contributed by atoms with Crippen LogP contribution in [-0.2, 0) is 16.1 Å². The maximum Gasteiger partial charge on any atom is 0.239 e. The summed E-state index contributed by atoms with van der Waals surface area (Å²) in [5.74, 6) is 0.282. The number of guanidine groups is 1. The van der Waals surface area contributed by atoms with Gasteiger partial charge in [-0.3, -0.25) is 20.0 Å². The Kier molecular flexibility index (Phi) is 9.85. The minimum atomic E-state index is -0.264. The molecule has 9 nitrogen and oxygen atoms in total. The third-order valence-electron chi connectivity index (χ3n) is 5.01. The van der Waals surface area contributed by atoms with Crippen LogP contribution in [0.1, 0.15) is 12.0 Å². The van der Waals surface area contributed by atoms with Gasteiger partial charge in [0.2, 0.25) is 5.91 Å². The topological polar surface area (TPSA) is 119 Å². The van der Waals surface area contributed by atoms with E-state index in [1.165, 1.54) is 5.56 Å². The Labute approximate surface area is 173 Å². The summed E-state index contributed by atoms with van der Waals surface area (Å²) in [7, 11) is 3.35. The van der Waals surface area contributed by atoms with Crippen LogP contribution >= 0.6 is 0 Å². The summed E-state index contributed by atoms with van der Waals surface area (Å²) in [6.45, 7) is 5.82. The number of nitrogens with one attached hydrogen (secondary N) is 4. The molecule has 0 aromatic heterocycles. The summed E-state index contributed by atoms with van der Waals surface area (Å²) in [5.41, 5.74) is 7.59. The van der Waals surface area contributed by atoms with Crippen molar-refractivity contribution in [3.05, 3.63) is 29.8 Å². The van der Waals surface area contributed by atoms with Crippen LogP contribution in [0.4, 0.5) is 5.69 Å². The molecule has 1 saturated heterocycles. The molecule has 1 unspecified atom stereocenters. The first-order valence-corrected chi connectivity index (χ1v) is 10.1. The zero-order chi connectivity index (χ0) is 21.1. The fraction of sp³-hybridized carbons (Fsp3) is 0.600. The predicted octanol–water partition coefficient (Wildman–Crippen LogP) is -0.150. The highest BCUT2D eigenvalue weighted by molar-refractivity contribution is 5.90. The fourth-order valence-corrected chi connectivity index (χ4v) is 3.38. The monoisotopic (exact) mass is 405 g/mol. The van der Waals surface area contributed by atoms with Gasteiger partial charge < -0.3 is 26.4 Å². The fourth-order valence-electron chi connectivity index (χ4n) is 3.38. The minimum Gasteiger partial charge on any atom is -0.383 e. The highest BCUT2D eigenvalue weighted by atomic mass is 16.5. The van der Waals surface area contributed by atoms with Gasteiger partial charge in [-0.15, -0.1) is 0 Å². The summed E-state index contributed by atoms with van der Waals surface area (Å²) < 4.78 is 5.29. The second-order valence-corrected chi connectivity index (χ2v) is 7.17. The highest BCUT2D eigenvalue weighted by Crippen LogP contribution is 2.15. The Bertz CT molecular complexity index is 647. The number of nitrogens with zero attached hydrogens (tertiary/aromatic N) is 2. The molecule has 0 saturated carbocycles. The van der Waals surface area contributed by atoms with Gasteiger partial charge >= 0.3 is 0 Å². The summed E-state index contributed by atoms with van der Waals surface area (Å²) in [4.78, 5) is 17.1. The van der Waals surface area contributed by atoms with E-state index in [4.69, 9.17) is 15.9 Å². The van der Waals surface area contributed by atoms with Gasteiger partial charge in [-0.2, -0.15) is 0 Å². The van der Waals surface area contributed by atoms with Gasteiger partial charge in [-0.1, -0.05) is 12.1 Å². The van der Waals surface area contributed by atoms with Gasteiger partial charge in [0.1, 0.15) is 6.04 Å². The first-order chi connectivity index (χ1) is 14.1. The number of benzene rings is 1. The lowest BCUT2D eigenvalue weighted by atomic mass is 10.1. The molecule has 0 radical (unpaired) electrons. The lowest BCUT2D eigenvalue weighted by molar-refractivity contribution is -0.129. The summed E-state index contributed by atoms with van der Waals surface area (Å²) in [5, 5.41) is 16.4. The molecule has 1 fully saturated rings. The van der Waals surface area contributed by atoms with Crippen LogP contribution in [0.5, 0.6) is 0 Å². The van der Waals surface area contributed by atoms with Crippen molar-refractivity contribution < 1.29 is 9.53 Å². The van der Waals surface area contributed by atoms with Crippen molar-refractivity contribution in [2.75, 3.05) is 65.3 Å². The average Bonchev–Trinajstić information content (AvgIpc) is 2.73. The molecule has 6 N–H and O–H groups in total. The number of amides is 1. The van der Waals surface area contributed by atoms with Crippen molar-refractivity contribution in [3.63, 3.8) is 0 Å². The Hall–Kier alpha value is -2.20. The van der Waals surface area contributed by atoms with E-state index in [1.807, 2.05) is 12.1 Å². The molecule has 29 heavy (non-hydrogen) atoms. The largest absolute Gasteiger partial charge is 0.383 e. The number of anilines is 1. The Morgan fingerprint density at radius 1 is 1.31 bits per heavy atom. The third-order valence-corrected chi connectivity index (χ3v) is 5.01. The van der Waals surface area contributed by atoms with Crippen molar-refractivity contribution in [2.45, 2.75) is 19.0 Å². The first-order valence-electron chi connectivity index (χ1n) is 10.1. The van der Waals surface area contributed by atoms with Crippen LogP contribution in [0, 0.1) is 5.41 Å².